The molecule has 2 rings (SSSR count). The maximum atomic E-state index is 10.4. The Bertz CT molecular complexity index is 512. The molecule has 2 heterocycles. The molecule has 0 saturated carbocycles. The molecule has 2 aliphatic rings. The molecule has 0 aromatic rings. The van der Waals surface area contributed by atoms with Gasteiger partial charge >= 0.3 is 0 Å². The van der Waals surface area contributed by atoms with Crippen molar-refractivity contribution in [1.82, 2.24) is 19.6 Å². The van der Waals surface area contributed by atoms with E-state index in [-0.39, 0.29) is 0 Å². The molecule has 2 aliphatic heterocycles. The van der Waals surface area contributed by atoms with Crippen molar-refractivity contribution in [2.75, 3.05) is 131 Å². The first kappa shape index (κ1) is 31.8. The van der Waals surface area contributed by atoms with Crippen molar-refractivity contribution in [3.8, 4) is 0 Å². The largest absolute Gasteiger partial charge is 0.389 e. The van der Waals surface area contributed by atoms with E-state index in [4.69, 9.17) is 18.9 Å². The summed E-state index contributed by atoms with van der Waals surface area (Å²) in [5.41, 5.74) is -1.54. The van der Waals surface area contributed by atoms with Crippen LogP contribution in [0.5, 0.6) is 0 Å². The SMILES string of the molecule is CC(C)(O)CN1CCOCCN(CC(C)(C)O)CCN2CCOCCOCCN(CCOCC2)CC1. The summed E-state index contributed by atoms with van der Waals surface area (Å²) in [5, 5.41) is 20.9. The number of fused-ring (bicyclic) bond motifs is 6. The predicted octanol–water partition coefficient (Wildman–Crippen LogP) is -0.170. The van der Waals surface area contributed by atoms with E-state index >= 15 is 0 Å². The van der Waals surface area contributed by atoms with Gasteiger partial charge in [-0.05, 0) is 27.7 Å². The second-order valence-corrected chi connectivity index (χ2v) is 11.3. The lowest BCUT2D eigenvalue weighted by molar-refractivity contribution is 0.00335. The van der Waals surface area contributed by atoms with Gasteiger partial charge in [0.15, 0.2) is 0 Å². The second-order valence-electron chi connectivity index (χ2n) is 11.3. The minimum absolute atomic E-state index is 0.592. The van der Waals surface area contributed by atoms with Crippen molar-refractivity contribution in [2.24, 2.45) is 0 Å². The highest BCUT2D eigenvalue weighted by Gasteiger charge is 2.21. The van der Waals surface area contributed by atoms with Crippen LogP contribution in [0.3, 0.4) is 0 Å². The molecule has 0 amide bonds. The molecule has 2 saturated heterocycles. The summed E-state index contributed by atoms with van der Waals surface area (Å²) < 4.78 is 23.7. The van der Waals surface area contributed by atoms with Gasteiger partial charge in [-0.15, -0.1) is 0 Å². The summed E-state index contributed by atoms with van der Waals surface area (Å²) in [6, 6.07) is 0. The van der Waals surface area contributed by atoms with E-state index in [2.05, 4.69) is 19.6 Å². The zero-order chi connectivity index (χ0) is 26.3. The Balaban J connectivity index is 2.10. The molecular formula is C26H54N4O6. The number of ether oxygens (including phenoxy) is 4. The normalized spacial score (nSPS) is 27.5. The molecule has 0 spiro atoms. The Hall–Kier alpha value is -0.400. The van der Waals surface area contributed by atoms with Crippen LogP contribution in [0.15, 0.2) is 0 Å². The van der Waals surface area contributed by atoms with Crippen molar-refractivity contribution in [1.29, 1.82) is 0 Å². The molecule has 214 valence electrons. The third kappa shape index (κ3) is 16.4. The fourth-order valence-corrected chi connectivity index (χ4v) is 4.56. The van der Waals surface area contributed by atoms with Crippen LogP contribution in [-0.2, 0) is 18.9 Å². The highest BCUT2D eigenvalue weighted by Crippen LogP contribution is 2.08. The molecule has 2 atom stereocenters. The van der Waals surface area contributed by atoms with E-state index in [0.717, 1.165) is 65.4 Å². The Morgan fingerprint density at radius 3 is 1.08 bits per heavy atom. The van der Waals surface area contributed by atoms with E-state index in [9.17, 15) is 10.2 Å². The number of aliphatic hydroxyl groups is 2. The lowest BCUT2D eigenvalue weighted by Gasteiger charge is -2.33. The van der Waals surface area contributed by atoms with Gasteiger partial charge in [-0.3, -0.25) is 19.6 Å². The summed E-state index contributed by atoms with van der Waals surface area (Å²) in [6.45, 7) is 22.1. The average molecular weight is 519 g/mol. The topological polar surface area (TPSA) is 90.3 Å². The molecule has 0 radical (unpaired) electrons. The fourth-order valence-electron chi connectivity index (χ4n) is 4.56. The highest BCUT2D eigenvalue weighted by molar-refractivity contribution is 4.75. The van der Waals surface area contributed by atoms with Crippen molar-refractivity contribution in [3.63, 3.8) is 0 Å². The first-order valence-electron chi connectivity index (χ1n) is 13.8. The van der Waals surface area contributed by atoms with E-state index in [0.29, 0.717) is 65.9 Å². The van der Waals surface area contributed by atoms with Crippen LogP contribution >= 0.6 is 0 Å². The van der Waals surface area contributed by atoms with Crippen molar-refractivity contribution in [2.45, 2.75) is 38.9 Å². The van der Waals surface area contributed by atoms with Crippen LogP contribution < -0.4 is 0 Å². The summed E-state index contributed by atoms with van der Waals surface area (Å²) >= 11 is 0. The minimum Gasteiger partial charge on any atom is -0.389 e. The fraction of sp³-hybridized carbons (Fsp3) is 1.00. The molecule has 0 aromatic carbocycles. The van der Waals surface area contributed by atoms with Crippen LogP contribution in [0.2, 0.25) is 0 Å². The van der Waals surface area contributed by atoms with Crippen molar-refractivity contribution in [3.05, 3.63) is 0 Å². The van der Waals surface area contributed by atoms with Crippen LogP contribution in [0.4, 0.5) is 0 Å². The van der Waals surface area contributed by atoms with Gasteiger partial charge < -0.3 is 29.2 Å². The van der Waals surface area contributed by atoms with E-state index < -0.39 is 11.2 Å². The molecular weight excluding hydrogens is 464 g/mol. The van der Waals surface area contributed by atoms with E-state index in [1.165, 1.54) is 0 Å². The third-order valence-electron chi connectivity index (χ3n) is 6.37. The van der Waals surface area contributed by atoms with Gasteiger partial charge in [0, 0.05) is 78.5 Å². The van der Waals surface area contributed by atoms with Crippen molar-refractivity contribution < 1.29 is 29.2 Å². The third-order valence-corrected chi connectivity index (χ3v) is 6.37. The zero-order valence-electron chi connectivity index (χ0n) is 23.5. The summed E-state index contributed by atoms with van der Waals surface area (Å²) in [6.07, 6.45) is 0. The summed E-state index contributed by atoms with van der Waals surface area (Å²) in [4.78, 5) is 9.32. The molecule has 10 heteroatoms. The lowest BCUT2D eigenvalue weighted by Crippen LogP contribution is -2.46. The Morgan fingerprint density at radius 2 is 0.750 bits per heavy atom. The summed E-state index contributed by atoms with van der Waals surface area (Å²) in [5.74, 6) is 0. The zero-order valence-corrected chi connectivity index (χ0v) is 23.5. The van der Waals surface area contributed by atoms with Gasteiger partial charge in [0.1, 0.15) is 0 Å². The average Bonchev–Trinajstić information content (AvgIpc) is 2.78. The Kier molecular flexibility index (Phi) is 15.2. The monoisotopic (exact) mass is 518 g/mol. The number of β-amino-alcohol motifs (C(OH)–C–C–N with tert-alkyl or cyclic N) is 2. The molecule has 0 aliphatic carbocycles. The van der Waals surface area contributed by atoms with E-state index in [1.54, 1.807) is 0 Å². The molecule has 36 heavy (non-hydrogen) atoms. The standard InChI is InChI=1S/C26H54N4O6/c1-25(2,31)23-29-7-5-27-9-15-33-16-10-28(12-18-36-22-21-35-17-11-27)6-8-30(24-26(3,4)32)14-20-34-19-13-29/h31-32H,5-24H2,1-4H3. The Labute approximate surface area is 219 Å². The molecule has 2 unspecified atom stereocenters. The first-order valence-corrected chi connectivity index (χ1v) is 13.8. The molecule has 0 aromatic heterocycles. The molecule has 2 N–H and O–H groups in total. The van der Waals surface area contributed by atoms with Gasteiger partial charge in [-0.1, -0.05) is 0 Å². The molecule has 2 bridgehead atoms. The Morgan fingerprint density at radius 1 is 0.444 bits per heavy atom. The summed E-state index contributed by atoms with van der Waals surface area (Å²) in [7, 11) is 0. The van der Waals surface area contributed by atoms with E-state index in [1.807, 2.05) is 27.7 Å². The minimum atomic E-state index is -0.768. The van der Waals surface area contributed by atoms with Gasteiger partial charge in [-0.2, -0.15) is 0 Å². The number of hydrogen-bond acceptors (Lipinski definition) is 10. The molecule has 2 fully saturated rings. The van der Waals surface area contributed by atoms with Gasteiger partial charge in [0.25, 0.3) is 0 Å². The van der Waals surface area contributed by atoms with Gasteiger partial charge in [0.05, 0.1) is 64.1 Å². The smallest absolute Gasteiger partial charge is 0.0718 e. The number of nitrogens with zero attached hydrogens (tertiary/aromatic N) is 4. The maximum Gasteiger partial charge on any atom is 0.0718 e. The number of hydrogen-bond donors (Lipinski definition) is 2. The second kappa shape index (κ2) is 17.2. The highest BCUT2D eigenvalue weighted by atomic mass is 16.5. The maximum absolute atomic E-state index is 10.4. The van der Waals surface area contributed by atoms with Crippen molar-refractivity contribution >= 4 is 0 Å². The van der Waals surface area contributed by atoms with Crippen LogP contribution in [0.25, 0.3) is 0 Å². The van der Waals surface area contributed by atoms with Gasteiger partial charge in [-0.25, -0.2) is 0 Å². The number of rotatable bonds is 4. The molecule has 10 nitrogen and oxygen atoms in total. The first-order chi connectivity index (χ1) is 17.1. The van der Waals surface area contributed by atoms with Crippen LogP contribution in [0.1, 0.15) is 27.7 Å². The quantitative estimate of drug-likeness (QED) is 0.489. The lowest BCUT2D eigenvalue weighted by atomic mass is 10.1. The van der Waals surface area contributed by atoms with Crippen LogP contribution in [0, 0.1) is 0 Å². The van der Waals surface area contributed by atoms with Gasteiger partial charge in [0.2, 0.25) is 0 Å². The predicted molar refractivity (Wildman–Crippen MR) is 142 cm³/mol. The van der Waals surface area contributed by atoms with Crippen LogP contribution in [-0.4, -0.2) is 172 Å².